The van der Waals surface area contributed by atoms with Crippen LogP contribution in [-0.2, 0) is 0 Å². The Morgan fingerprint density at radius 1 is 1.21 bits per heavy atom. The molecule has 1 aliphatic carbocycles. The van der Waals surface area contributed by atoms with Crippen molar-refractivity contribution in [2.75, 3.05) is 0 Å². The van der Waals surface area contributed by atoms with E-state index in [4.69, 9.17) is 16.3 Å². The maximum absolute atomic E-state index is 12.4. The zero-order valence-corrected chi connectivity index (χ0v) is 13.6. The Hall–Kier alpha value is -2.53. The summed E-state index contributed by atoms with van der Waals surface area (Å²) in [5.74, 6) is 0.711. The first kappa shape index (κ1) is 15.0. The fraction of sp³-hybridized carbons (Fsp3) is 0.222. The molecule has 0 atom stereocenters. The fourth-order valence-electron chi connectivity index (χ4n) is 2.86. The topological polar surface area (TPSA) is 55.6 Å². The van der Waals surface area contributed by atoms with Gasteiger partial charge in [-0.15, -0.1) is 0 Å². The molecule has 1 fully saturated rings. The van der Waals surface area contributed by atoms with Crippen LogP contribution in [0.15, 0.2) is 54.9 Å². The molecular formula is C18H16ClN3O2. The summed E-state index contributed by atoms with van der Waals surface area (Å²) in [7, 11) is 0. The van der Waals surface area contributed by atoms with Gasteiger partial charge in [-0.1, -0.05) is 17.7 Å². The van der Waals surface area contributed by atoms with E-state index in [-0.39, 0.29) is 18.1 Å². The van der Waals surface area contributed by atoms with Crippen LogP contribution in [0.25, 0.3) is 5.52 Å². The molecule has 0 aliphatic heterocycles. The van der Waals surface area contributed by atoms with E-state index in [0.29, 0.717) is 10.6 Å². The second-order valence-electron chi connectivity index (χ2n) is 5.92. The number of aromatic nitrogens is 2. The number of hydrogen-bond acceptors (Lipinski definition) is 3. The minimum Gasteiger partial charge on any atom is -0.490 e. The number of hydrogen-bond donors (Lipinski definition) is 1. The van der Waals surface area contributed by atoms with Crippen molar-refractivity contribution in [1.29, 1.82) is 0 Å². The molecule has 5 nitrogen and oxygen atoms in total. The summed E-state index contributed by atoms with van der Waals surface area (Å²) < 4.78 is 7.55. The number of halogens is 1. The van der Waals surface area contributed by atoms with Crippen molar-refractivity contribution in [1.82, 2.24) is 14.9 Å². The van der Waals surface area contributed by atoms with E-state index in [9.17, 15) is 4.79 Å². The smallest absolute Gasteiger partial charge is 0.255 e. The van der Waals surface area contributed by atoms with Crippen molar-refractivity contribution in [2.45, 2.75) is 25.0 Å². The Labute approximate surface area is 144 Å². The van der Waals surface area contributed by atoms with E-state index < -0.39 is 0 Å². The van der Waals surface area contributed by atoms with E-state index in [2.05, 4.69) is 10.4 Å². The lowest BCUT2D eigenvalue weighted by Gasteiger charge is -2.35. The Kier molecular flexibility index (Phi) is 3.86. The van der Waals surface area contributed by atoms with Crippen molar-refractivity contribution < 1.29 is 9.53 Å². The van der Waals surface area contributed by atoms with Crippen LogP contribution < -0.4 is 10.1 Å². The monoisotopic (exact) mass is 341 g/mol. The summed E-state index contributed by atoms with van der Waals surface area (Å²) in [6.07, 6.45) is 5.15. The molecule has 0 spiro atoms. The molecule has 1 saturated carbocycles. The van der Waals surface area contributed by atoms with Crippen molar-refractivity contribution >= 4 is 23.0 Å². The van der Waals surface area contributed by atoms with Gasteiger partial charge in [0.2, 0.25) is 0 Å². The van der Waals surface area contributed by atoms with Crippen LogP contribution in [0.4, 0.5) is 0 Å². The highest BCUT2D eigenvalue weighted by molar-refractivity contribution is 6.30. The molecule has 0 unspecified atom stereocenters. The first-order valence-electron chi connectivity index (χ1n) is 7.84. The molecule has 3 aromatic rings. The molecule has 0 radical (unpaired) electrons. The van der Waals surface area contributed by atoms with E-state index in [0.717, 1.165) is 24.1 Å². The van der Waals surface area contributed by atoms with Gasteiger partial charge < -0.3 is 10.1 Å². The summed E-state index contributed by atoms with van der Waals surface area (Å²) in [6.45, 7) is 0. The van der Waals surface area contributed by atoms with Gasteiger partial charge in [0.1, 0.15) is 11.9 Å². The maximum atomic E-state index is 12.4. The summed E-state index contributed by atoms with van der Waals surface area (Å²) in [6, 6.07) is 13.1. The second kappa shape index (κ2) is 6.17. The standard InChI is InChI=1S/C18H16ClN3O2/c19-12-4-6-14(7-5-12)24-15-9-13(10-15)21-18(23)16-11-20-22-8-2-1-3-17(16)22/h1-8,11,13,15H,9-10H2,(H,21,23). The molecule has 0 saturated heterocycles. The number of pyridine rings is 1. The van der Waals surface area contributed by atoms with Gasteiger partial charge in [-0.25, -0.2) is 4.52 Å². The summed E-state index contributed by atoms with van der Waals surface area (Å²) >= 11 is 5.86. The molecule has 1 aromatic carbocycles. The van der Waals surface area contributed by atoms with Crippen molar-refractivity contribution in [2.24, 2.45) is 0 Å². The van der Waals surface area contributed by atoms with Gasteiger partial charge in [-0.2, -0.15) is 5.10 Å². The van der Waals surface area contributed by atoms with E-state index in [1.165, 1.54) is 0 Å². The lowest BCUT2D eigenvalue weighted by molar-refractivity contribution is 0.0702. The van der Waals surface area contributed by atoms with Crippen LogP contribution in [-0.4, -0.2) is 27.7 Å². The van der Waals surface area contributed by atoms with Crippen molar-refractivity contribution in [3.8, 4) is 5.75 Å². The number of nitrogens with zero attached hydrogens (tertiary/aromatic N) is 2. The van der Waals surface area contributed by atoms with Gasteiger partial charge >= 0.3 is 0 Å². The molecule has 24 heavy (non-hydrogen) atoms. The van der Waals surface area contributed by atoms with Gasteiger partial charge in [0.05, 0.1) is 17.3 Å². The van der Waals surface area contributed by atoms with Crippen LogP contribution >= 0.6 is 11.6 Å². The highest BCUT2D eigenvalue weighted by atomic mass is 35.5. The largest absolute Gasteiger partial charge is 0.490 e. The number of amides is 1. The molecule has 1 N–H and O–H groups in total. The molecular weight excluding hydrogens is 326 g/mol. The lowest BCUT2D eigenvalue weighted by atomic mass is 9.89. The third kappa shape index (κ3) is 2.95. The normalized spacial score (nSPS) is 19.7. The Morgan fingerprint density at radius 3 is 2.79 bits per heavy atom. The third-order valence-electron chi connectivity index (χ3n) is 4.22. The number of rotatable bonds is 4. The van der Waals surface area contributed by atoms with Crippen LogP contribution in [0.5, 0.6) is 5.75 Å². The van der Waals surface area contributed by atoms with Gasteiger partial charge in [-0.05, 0) is 36.4 Å². The molecule has 1 aliphatic rings. The van der Waals surface area contributed by atoms with Crippen LogP contribution in [0.2, 0.25) is 5.02 Å². The summed E-state index contributed by atoms with van der Waals surface area (Å²) in [4.78, 5) is 12.4. The van der Waals surface area contributed by atoms with Gasteiger partial charge in [0, 0.05) is 30.1 Å². The van der Waals surface area contributed by atoms with Crippen molar-refractivity contribution in [3.05, 3.63) is 65.4 Å². The summed E-state index contributed by atoms with van der Waals surface area (Å²) in [5, 5.41) is 7.92. The molecule has 6 heteroatoms. The zero-order valence-electron chi connectivity index (χ0n) is 12.9. The fourth-order valence-corrected chi connectivity index (χ4v) is 2.98. The molecule has 1 amide bonds. The van der Waals surface area contributed by atoms with Crippen LogP contribution in [0, 0.1) is 0 Å². The van der Waals surface area contributed by atoms with E-state index >= 15 is 0 Å². The molecule has 2 aromatic heterocycles. The molecule has 0 bridgehead atoms. The first-order chi connectivity index (χ1) is 11.7. The minimum atomic E-state index is -0.0915. The van der Waals surface area contributed by atoms with Crippen LogP contribution in [0.1, 0.15) is 23.2 Å². The van der Waals surface area contributed by atoms with Crippen molar-refractivity contribution in [3.63, 3.8) is 0 Å². The maximum Gasteiger partial charge on any atom is 0.255 e. The second-order valence-corrected chi connectivity index (χ2v) is 6.36. The van der Waals surface area contributed by atoms with Crippen LogP contribution in [0.3, 0.4) is 0 Å². The first-order valence-corrected chi connectivity index (χ1v) is 8.22. The SMILES string of the molecule is O=C(NC1CC(Oc2ccc(Cl)cc2)C1)c1cnn2ccccc12. The van der Waals surface area contributed by atoms with Gasteiger partial charge in [0.25, 0.3) is 5.91 Å². The Morgan fingerprint density at radius 2 is 2.00 bits per heavy atom. The average molecular weight is 342 g/mol. The predicted molar refractivity (Wildman–Crippen MR) is 91.5 cm³/mol. The quantitative estimate of drug-likeness (QED) is 0.792. The Bertz CT molecular complexity index is 869. The number of carbonyl (C=O) groups is 1. The number of nitrogens with one attached hydrogen (secondary N) is 1. The highest BCUT2D eigenvalue weighted by Crippen LogP contribution is 2.27. The van der Waals surface area contributed by atoms with Gasteiger partial charge in [0.15, 0.2) is 0 Å². The highest BCUT2D eigenvalue weighted by Gasteiger charge is 2.32. The predicted octanol–water partition coefficient (Wildman–Crippen LogP) is 3.33. The number of carbonyl (C=O) groups excluding carboxylic acids is 1. The number of benzene rings is 1. The van der Waals surface area contributed by atoms with E-state index in [1.807, 2.05) is 36.5 Å². The number of ether oxygens (including phenoxy) is 1. The number of fused-ring (bicyclic) bond motifs is 1. The third-order valence-corrected chi connectivity index (χ3v) is 4.47. The molecule has 2 heterocycles. The summed E-state index contributed by atoms with van der Waals surface area (Å²) in [5.41, 5.74) is 1.40. The minimum absolute atomic E-state index is 0.0915. The molecule has 122 valence electrons. The van der Waals surface area contributed by atoms with Gasteiger partial charge in [-0.3, -0.25) is 4.79 Å². The molecule has 4 rings (SSSR count). The van der Waals surface area contributed by atoms with E-state index in [1.54, 1.807) is 22.8 Å². The lowest BCUT2D eigenvalue weighted by Crippen LogP contribution is -2.48. The zero-order chi connectivity index (χ0) is 16.5. The average Bonchev–Trinajstić information content (AvgIpc) is 2.99. The Balaban J connectivity index is 1.33.